The van der Waals surface area contributed by atoms with E-state index in [2.05, 4.69) is 0 Å². The van der Waals surface area contributed by atoms with E-state index >= 15 is 0 Å². The topological polar surface area (TPSA) is 112 Å². The molecule has 58 heavy (non-hydrogen) atoms. The Bertz CT molecular complexity index is 1350. The van der Waals surface area contributed by atoms with E-state index in [1.807, 2.05) is 0 Å². The van der Waals surface area contributed by atoms with Crippen molar-refractivity contribution in [1.29, 1.82) is 0 Å². The van der Waals surface area contributed by atoms with Gasteiger partial charge in [0, 0.05) is 65.2 Å². The molecule has 0 aromatic heterocycles. The van der Waals surface area contributed by atoms with Gasteiger partial charge in [-0.05, 0) is 0 Å². The summed E-state index contributed by atoms with van der Waals surface area (Å²) in [6.07, 6.45) is -42.3. The van der Waals surface area contributed by atoms with E-state index in [1.165, 1.54) is 0 Å². The Balaban J connectivity index is -0.000000374. The third kappa shape index (κ3) is 14.6. The van der Waals surface area contributed by atoms with E-state index < -0.39 is 125 Å². The number of alkyl halides is 30. The van der Waals surface area contributed by atoms with Gasteiger partial charge < -0.3 is 15.3 Å². The van der Waals surface area contributed by atoms with Crippen LogP contribution in [0.4, 0.5) is 132 Å². The van der Waals surface area contributed by atoms with Crippen LogP contribution in [0.5, 0.6) is 0 Å². The standard InChI is InChI=1S/3C7H2F10O2.Yb/c3*8-4(9,6(13,14)7(15,16)17)2(18)1-3(19)5(10,11)12;/h3*1,18H;. The second-order valence-corrected chi connectivity index (χ2v) is 9.11. The minimum Gasteiger partial charge on any atom is -0.506 e. The minimum absolute atomic E-state index is 0. The maximum absolute atomic E-state index is 12.5. The summed E-state index contributed by atoms with van der Waals surface area (Å²) >= 11 is 0. The second-order valence-electron chi connectivity index (χ2n) is 9.11. The largest absolute Gasteiger partial charge is 0.506 e. The van der Waals surface area contributed by atoms with E-state index in [-0.39, 0.29) is 46.9 Å². The average Bonchev–Trinajstić information content (AvgIpc) is 2.93. The van der Waals surface area contributed by atoms with E-state index in [0.29, 0.717) is 0 Å². The molecule has 0 bridgehead atoms. The van der Waals surface area contributed by atoms with Crippen LogP contribution in [0.3, 0.4) is 0 Å². The molecule has 0 rings (SSSR count). The zero-order valence-electron chi connectivity index (χ0n) is 24.9. The van der Waals surface area contributed by atoms with Gasteiger partial charge in [0.25, 0.3) is 17.3 Å². The third-order valence-electron chi connectivity index (χ3n) is 4.86. The van der Waals surface area contributed by atoms with Gasteiger partial charge in [-0.3, -0.25) is 14.4 Å². The molecule has 0 aliphatic heterocycles. The Morgan fingerprint density at radius 2 is 0.414 bits per heavy atom. The summed E-state index contributed by atoms with van der Waals surface area (Å²) in [6.45, 7) is 0. The molecular formula is C21H6F30O6Yb. The van der Waals surface area contributed by atoms with Gasteiger partial charge in [-0.1, -0.05) is 0 Å². The first-order chi connectivity index (χ1) is 24.1. The number of allylic oxidation sites excluding steroid dienone is 6. The van der Waals surface area contributed by atoms with Gasteiger partial charge in [0.15, 0.2) is 17.3 Å². The SMILES string of the molecule is O=C(C=C(O)C(F)(F)C(F)(F)C(F)(F)F)C(F)(F)F.O=C(C=C(O)C(F)(F)C(F)(F)C(F)(F)F)C(F)(F)F.O=C(C=C(O)C(F)(F)C(F)(F)C(F)(F)F)C(F)(F)F.[Yb]. The summed E-state index contributed by atoms with van der Waals surface area (Å²) in [5.41, 5.74) is 0. The number of aliphatic hydroxyl groups is 3. The number of rotatable bonds is 9. The van der Waals surface area contributed by atoms with Gasteiger partial charge >= 0.3 is 72.6 Å². The molecule has 37 heteroatoms. The molecule has 0 aromatic carbocycles. The van der Waals surface area contributed by atoms with Crippen LogP contribution in [0.2, 0.25) is 0 Å². The Hall–Kier alpha value is -2.95. The first-order valence-corrected chi connectivity index (χ1v) is 11.7. The molecule has 3 N–H and O–H groups in total. The molecule has 0 amide bonds. The normalized spacial score (nSPS) is 15.3. The van der Waals surface area contributed by atoms with Crippen LogP contribution in [0.1, 0.15) is 0 Å². The summed E-state index contributed by atoms with van der Waals surface area (Å²) in [5, 5.41) is 24.7. The summed E-state index contributed by atoms with van der Waals surface area (Å²) < 4.78 is 357. The van der Waals surface area contributed by atoms with Crippen LogP contribution in [0, 0.1) is 46.9 Å². The Morgan fingerprint density at radius 3 is 0.500 bits per heavy atom. The molecule has 0 fully saturated rings. The molecule has 0 aliphatic rings. The van der Waals surface area contributed by atoms with Crippen LogP contribution in [-0.2, 0) is 14.4 Å². The van der Waals surface area contributed by atoms with Gasteiger partial charge in [-0.15, -0.1) is 0 Å². The van der Waals surface area contributed by atoms with Crippen molar-refractivity contribution in [2.24, 2.45) is 0 Å². The maximum atomic E-state index is 12.5. The zero-order valence-corrected chi connectivity index (χ0v) is 26.6. The fourth-order valence-corrected chi connectivity index (χ4v) is 1.91. The maximum Gasteiger partial charge on any atom is 0.460 e. The molecular weight excluding hydrogens is 1090 g/mol. The van der Waals surface area contributed by atoms with Gasteiger partial charge in [-0.25, -0.2) is 0 Å². The molecule has 350 valence electrons. The number of carbonyl (C=O) groups excluding carboxylic acids is 3. The van der Waals surface area contributed by atoms with Gasteiger partial charge in [-0.2, -0.15) is 132 Å². The van der Waals surface area contributed by atoms with E-state index in [4.69, 9.17) is 15.3 Å². The number of ketones is 3. The molecule has 0 aromatic rings. The number of carbonyl (C=O) groups is 3. The zero-order chi connectivity index (χ0) is 47.6. The van der Waals surface area contributed by atoms with Crippen LogP contribution in [0.15, 0.2) is 35.5 Å². The van der Waals surface area contributed by atoms with Crippen LogP contribution < -0.4 is 0 Å². The van der Waals surface area contributed by atoms with Crippen molar-refractivity contribution >= 4 is 17.3 Å². The molecule has 6 nitrogen and oxygen atoms in total. The van der Waals surface area contributed by atoms with Crippen LogP contribution in [-0.4, -0.2) is 105 Å². The monoisotopic (exact) mass is 1100 g/mol. The van der Waals surface area contributed by atoms with E-state index in [1.54, 1.807) is 0 Å². The average molecular weight is 1100 g/mol. The van der Waals surface area contributed by atoms with Crippen molar-refractivity contribution in [1.82, 2.24) is 0 Å². The minimum atomic E-state index is -6.85. The molecule has 0 spiro atoms. The molecule has 0 aliphatic carbocycles. The molecule has 0 saturated heterocycles. The predicted octanol–water partition coefficient (Wildman–Crippen LogP) is 10.2. The van der Waals surface area contributed by atoms with Crippen LogP contribution >= 0.6 is 0 Å². The number of hydrogen-bond donors (Lipinski definition) is 3. The van der Waals surface area contributed by atoms with Crippen molar-refractivity contribution in [2.75, 3.05) is 0 Å². The fourth-order valence-electron chi connectivity index (χ4n) is 1.91. The fraction of sp³-hybridized carbons (Fsp3) is 0.571. The Labute approximate surface area is 333 Å². The summed E-state index contributed by atoms with van der Waals surface area (Å²) in [6, 6.07) is 0. The van der Waals surface area contributed by atoms with E-state index in [9.17, 15) is 146 Å². The van der Waals surface area contributed by atoms with Crippen molar-refractivity contribution in [3.8, 4) is 0 Å². The van der Waals surface area contributed by atoms with E-state index in [0.717, 1.165) is 0 Å². The summed E-state index contributed by atoms with van der Waals surface area (Å²) in [7, 11) is 0. The molecule has 0 unspecified atom stereocenters. The van der Waals surface area contributed by atoms with Crippen molar-refractivity contribution in [2.45, 2.75) is 72.6 Å². The number of aliphatic hydroxyl groups excluding tert-OH is 3. The molecule has 0 saturated carbocycles. The summed E-state index contributed by atoms with van der Waals surface area (Å²) in [4.78, 5) is 30.2. The molecule has 0 atom stereocenters. The van der Waals surface area contributed by atoms with Gasteiger partial charge in [0.2, 0.25) is 0 Å². The molecule has 0 radical (unpaired) electrons. The van der Waals surface area contributed by atoms with Crippen molar-refractivity contribution in [3.63, 3.8) is 0 Å². The quantitative estimate of drug-likeness (QED) is 0.121. The van der Waals surface area contributed by atoms with Crippen molar-refractivity contribution < 1.29 is 208 Å². The number of hydrogen-bond acceptors (Lipinski definition) is 6. The van der Waals surface area contributed by atoms with Crippen molar-refractivity contribution in [3.05, 3.63) is 35.5 Å². The van der Waals surface area contributed by atoms with Gasteiger partial charge in [0.05, 0.1) is 0 Å². The Morgan fingerprint density at radius 1 is 0.293 bits per heavy atom. The van der Waals surface area contributed by atoms with Crippen LogP contribution in [0.25, 0.3) is 0 Å². The first-order valence-electron chi connectivity index (χ1n) is 11.7. The smallest absolute Gasteiger partial charge is 0.460 e. The third-order valence-corrected chi connectivity index (χ3v) is 4.86. The molecule has 0 heterocycles. The number of halogens is 30. The predicted molar refractivity (Wildman–Crippen MR) is 113 cm³/mol. The second kappa shape index (κ2) is 18.8. The Kier molecular flexibility index (Phi) is 20.0. The van der Waals surface area contributed by atoms with Gasteiger partial charge in [0.1, 0.15) is 0 Å². The summed E-state index contributed by atoms with van der Waals surface area (Å²) in [5.74, 6) is -59.5. The first kappa shape index (κ1) is 61.7.